The number of nitrogens with one attached hydrogen (secondary N) is 1. The number of rotatable bonds is 5. The predicted molar refractivity (Wildman–Crippen MR) is 118 cm³/mol. The van der Waals surface area contributed by atoms with Crippen molar-refractivity contribution in [1.29, 1.82) is 0 Å². The maximum atomic E-state index is 12.8. The third-order valence-corrected chi connectivity index (χ3v) is 6.99. The molecule has 1 fully saturated rings. The van der Waals surface area contributed by atoms with E-state index in [-0.39, 0.29) is 4.90 Å². The molecule has 4 rings (SSSR count). The number of nitrogens with two attached hydrogens (primary N) is 1. The summed E-state index contributed by atoms with van der Waals surface area (Å²) >= 11 is 0. The van der Waals surface area contributed by atoms with Gasteiger partial charge in [0.2, 0.25) is 16.0 Å². The first-order valence-electron chi connectivity index (χ1n) is 9.66. The van der Waals surface area contributed by atoms with Gasteiger partial charge in [0.05, 0.1) is 10.6 Å². The SMILES string of the molecule is CN1CCN(S(=O)(=O)c2ccc(Nc3nccc(-c4ccc(N)cc4)n3)cc2)CC1. The van der Waals surface area contributed by atoms with Gasteiger partial charge in [-0.2, -0.15) is 4.31 Å². The Bertz CT molecular complexity index is 1110. The minimum absolute atomic E-state index is 0.286. The Balaban J connectivity index is 1.49. The lowest BCUT2D eigenvalue weighted by Gasteiger charge is -2.31. The number of nitrogens with zero attached hydrogens (tertiary/aromatic N) is 4. The highest BCUT2D eigenvalue weighted by Gasteiger charge is 2.27. The fourth-order valence-corrected chi connectivity index (χ4v) is 4.67. The Morgan fingerprint density at radius 1 is 0.933 bits per heavy atom. The molecule has 3 N–H and O–H groups in total. The first-order chi connectivity index (χ1) is 14.4. The van der Waals surface area contributed by atoms with Crippen LogP contribution in [-0.2, 0) is 10.0 Å². The third kappa shape index (κ3) is 4.43. The topological polar surface area (TPSA) is 104 Å². The number of benzene rings is 2. The zero-order chi connectivity index (χ0) is 21.1. The molecule has 0 atom stereocenters. The predicted octanol–water partition coefficient (Wildman–Crippen LogP) is 2.41. The van der Waals surface area contributed by atoms with Crippen molar-refractivity contribution < 1.29 is 8.42 Å². The van der Waals surface area contributed by atoms with Gasteiger partial charge in [0.15, 0.2) is 0 Å². The molecule has 9 heteroatoms. The van der Waals surface area contributed by atoms with Gasteiger partial charge in [-0.15, -0.1) is 0 Å². The molecule has 1 aromatic heterocycles. The summed E-state index contributed by atoms with van der Waals surface area (Å²) in [4.78, 5) is 11.2. The Morgan fingerprint density at radius 2 is 1.60 bits per heavy atom. The van der Waals surface area contributed by atoms with Crippen molar-refractivity contribution in [2.45, 2.75) is 4.90 Å². The molecule has 0 saturated carbocycles. The second-order valence-corrected chi connectivity index (χ2v) is 9.18. The molecule has 0 aliphatic carbocycles. The summed E-state index contributed by atoms with van der Waals surface area (Å²) in [7, 11) is -1.49. The van der Waals surface area contributed by atoms with Crippen LogP contribution >= 0.6 is 0 Å². The van der Waals surface area contributed by atoms with Gasteiger partial charge in [-0.25, -0.2) is 18.4 Å². The molecule has 2 aromatic carbocycles. The first kappa shape index (κ1) is 20.3. The van der Waals surface area contributed by atoms with E-state index in [1.54, 1.807) is 30.5 Å². The van der Waals surface area contributed by atoms with E-state index in [1.165, 1.54) is 4.31 Å². The number of aromatic nitrogens is 2. The van der Waals surface area contributed by atoms with Crippen molar-refractivity contribution in [3.63, 3.8) is 0 Å². The second kappa shape index (κ2) is 8.39. The van der Waals surface area contributed by atoms with E-state index in [0.29, 0.717) is 30.4 Å². The molecule has 0 spiro atoms. The lowest BCUT2D eigenvalue weighted by atomic mass is 10.1. The summed E-state index contributed by atoms with van der Waals surface area (Å²) in [6, 6.07) is 15.9. The van der Waals surface area contributed by atoms with E-state index >= 15 is 0 Å². The van der Waals surface area contributed by atoms with Gasteiger partial charge < -0.3 is 16.0 Å². The molecule has 1 aliphatic rings. The normalized spacial score (nSPS) is 15.8. The van der Waals surface area contributed by atoms with Gasteiger partial charge in [0.25, 0.3) is 0 Å². The smallest absolute Gasteiger partial charge is 0.243 e. The summed E-state index contributed by atoms with van der Waals surface area (Å²) in [5.74, 6) is 0.430. The molecule has 0 radical (unpaired) electrons. The zero-order valence-corrected chi connectivity index (χ0v) is 17.5. The van der Waals surface area contributed by atoms with Crippen LogP contribution in [0.2, 0.25) is 0 Å². The van der Waals surface area contributed by atoms with E-state index in [9.17, 15) is 8.42 Å². The van der Waals surface area contributed by atoms with Gasteiger partial charge in [-0.05, 0) is 49.5 Å². The Labute approximate surface area is 176 Å². The molecule has 8 nitrogen and oxygen atoms in total. The van der Waals surface area contributed by atoms with E-state index in [0.717, 1.165) is 24.3 Å². The molecule has 30 heavy (non-hydrogen) atoms. The van der Waals surface area contributed by atoms with Crippen LogP contribution in [0.5, 0.6) is 0 Å². The Kier molecular flexibility index (Phi) is 5.67. The maximum Gasteiger partial charge on any atom is 0.243 e. The second-order valence-electron chi connectivity index (χ2n) is 7.24. The molecule has 156 valence electrons. The Morgan fingerprint density at radius 3 is 2.27 bits per heavy atom. The molecule has 0 amide bonds. The van der Waals surface area contributed by atoms with Crippen LogP contribution in [0.3, 0.4) is 0 Å². The van der Waals surface area contributed by atoms with E-state index in [2.05, 4.69) is 20.2 Å². The lowest BCUT2D eigenvalue weighted by molar-refractivity contribution is 0.222. The highest BCUT2D eigenvalue weighted by Crippen LogP contribution is 2.23. The summed E-state index contributed by atoms with van der Waals surface area (Å²) in [5.41, 5.74) is 8.84. The summed E-state index contributed by atoms with van der Waals surface area (Å²) in [6.45, 7) is 2.48. The maximum absolute atomic E-state index is 12.8. The Hall–Kier alpha value is -3.01. The highest BCUT2D eigenvalue weighted by atomic mass is 32.2. The van der Waals surface area contributed by atoms with Crippen LogP contribution in [0.4, 0.5) is 17.3 Å². The summed E-state index contributed by atoms with van der Waals surface area (Å²) in [5, 5.41) is 3.13. The van der Waals surface area contributed by atoms with E-state index < -0.39 is 10.0 Å². The molecule has 1 saturated heterocycles. The van der Waals surface area contributed by atoms with Crippen molar-refractivity contribution in [3.8, 4) is 11.3 Å². The van der Waals surface area contributed by atoms with Gasteiger partial charge in [0.1, 0.15) is 0 Å². The number of sulfonamides is 1. The lowest BCUT2D eigenvalue weighted by Crippen LogP contribution is -2.46. The fraction of sp³-hybridized carbons (Fsp3) is 0.238. The fourth-order valence-electron chi connectivity index (χ4n) is 3.25. The van der Waals surface area contributed by atoms with Crippen molar-refractivity contribution >= 4 is 27.3 Å². The standard InChI is InChI=1S/C21H24N6O2S/c1-26-12-14-27(15-13-26)30(28,29)19-8-6-18(7-9-19)24-21-23-11-10-20(25-21)16-2-4-17(22)5-3-16/h2-11H,12-15,22H2,1H3,(H,23,24,25). The van der Waals surface area contributed by atoms with Crippen LogP contribution in [0.25, 0.3) is 11.3 Å². The first-order valence-corrected chi connectivity index (χ1v) is 11.1. The number of nitrogen functional groups attached to an aromatic ring is 1. The van der Waals surface area contributed by atoms with Crippen LogP contribution in [0.15, 0.2) is 65.7 Å². The average molecular weight is 425 g/mol. The minimum Gasteiger partial charge on any atom is -0.399 e. The van der Waals surface area contributed by atoms with E-state index in [1.807, 2.05) is 37.4 Å². The van der Waals surface area contributed by atoms with Gasteiger partial charge in [-0.3, -0.25) is 0 Å². The van der Waals surface area contributed by atoms with Gasteiger partial charge in [-0.1, -0.05) is 12.1 Å². The monoisotopic (exact) mass is 424 g/mol. The van der Waals surface area contributed by atoms with Crippen LogP contribution < -0.4 is 11.1 Å². The van der Waals surface area contributed by atoms with E-state index in [4.69, 9.17) is 5.73 Å². The number of anilines is 3. The van der Waals surface area contributed by atoms with Gasteiger partial charge in [0, 0.05) is 49.3 Å². The molecule has 1 aliphatic heterocycles. The third-order valence-electron chi connectivity index (χ3n) is 5.07. The van der Waals surface area contributed by atoms with Gasteiger partial charge >= 0.3 is 0 Å². The van der Waals surface area contributed by atoms with Crippen molar-refractivity contribution in [2.75, 3.05) is 44.3 Å². The van der Waals surface area contributed by atoms with Crippen molar-refractivity contribution in [3.05, 3.63) is 60.8 Å². The quantitative estimate of drug-likeness (QED) is 0.606. The number of hydrogen-bond donors (Lipinski definition) is 2. The summed E-state index contributed by atoms with van der Waals surface area (Å²) in [6.07, 6.45) is 1.67. The zero-order valence-electron chi connectivity index (χ0n) is 16.7. The highest BCUT2D eigenvalue weighted by molar-refractivity contribution is 7.89. The molecular weight excluding hydrogens is 400 g/mol. The molecule has 0 bridgehead atoms. The van der Waals surface area contributed by atoms with Crippen LogP contribution in [-0.4, -0.2) is 60.8 Å². The number of likely N-dealkylation sites (N-methyl/N-ethyl adjacent to an activating group) is 1. The van der Waals surface area contributed by atoms with Crippen LogP contribution in [0, 0.1) is 0 Å². The molecule has 0 unspecified atom stereocenters. The number of hydrogen-bond acceptors (Lipinski definition) is 7. The average Bonchev–Trinajstić information content (AvgIpc) is 2.75. The molecule has 2 heterocycles. The van der Waals surface area contributed by atoms with Crippen molar-refractivity contribution in [2.24, 2.45) is 0 Å². The largest absolute Gasteiger partial charge is 0.399 e. The minimum atomic E-state index is -3.48. The number of piperazine rings is 1. The summed E-state index contributed by atoms with van der Waals surface area (Å²) < 4.78 is 27.2. The van der Waals surface area contributed by atoms with Crippen LogP contribution in [0.1, 0.15) is 0 Å². The molecule has 3 aromatic rings. The van der Waals surface area contributed by atoms with Crippen molar-refractivity contribution in [1.82, 2.24) is 19.2 Å². The molecular formula is C21H24N6O2S.